The summed E-state index contributed by atoms with van der Waals surface area (Å²) in [6, 6.07) is 50.0. The van der Waals surface area contributed by atoms with E-state index in [0.29, 0.717) is 5.69 Å². The quantitative estimate of drug-likeness (QED) is 0.150. The summed E-state index contributed by atoms with van der Waals surface area (Å²) in [4.78, 5) is 6.04. The maximum absolute atomic E-state index is 7.55. The number of hydrogen-bond donors (Lipinski definition) is 0. The van der Waals surface area contributed by atoms with Crippen LogP contribution in [-0.2, 0) is 5.41 Å². The van der Waals surface area contributed by atoms with Crippen LogP contribution in [0.5, 0.6) is 0 Å². The summed E-state index contributed by atoms with van der Waals surface area (Å²) in [6.07, 6.45) is 0. The summed E-state index contributed by atoms with van der Waals surface area (Å²) in [5, 5.41) is 4.98. The number of rotatable bonds is 4. The second-order valence-electron chi connectivity index (χ2n) is 12.5. The number of para-hydroxylation sites is 1. The number of nitrogens with zero attached hydrogens (tertiary/aromatic N) is 3. The van der Waals surface area contributed by atoms with Crippen LogP contribution < -0.4 is 4.90 Å². The molecule has 0 unspecified atom stereocenters. The van der Waals surface area contributed by atoms with Crippen molar-refractivity contribution in [2.24, 2.45) is 0 Å². The first-order valence-corrected chi connectivity index (χ1v) is 15.4. The minimum Gasteiger partial charge on any atom is -0.310 e. The van der Waals surface area contributed by atoms with Crippen molar-refractivity contribution in [3.63, 3.8) is 0 Å². The topological polar surface area (TPSA) is 12.5 Å². The molecule has 0 atom stereocenters. The molecule has 0 radical (unpaired) electrons. The molecule has 0 saturated heterocycles. The third kappa shape index (κ3) is 3.57. The van der Waals surface area contributed by atoms with Crippen molar-refractivity contribution in [1.29, 1.82) is 0 Å². The summed E-state index contributed by atoms with van der Waals surface area (Å²) < 4.78 is 2.39. The molecule has 0 amide bonds. The molecule has 3 nitrogen and oxygen atoms in total. The smallest absolute Gasteiger partial charge is 0.187 e. The summed E-state index contributed by atoms with van der Waals surface area (Å²) >= 11 is 0. The summed E-state index contributed by atoms with van der Waals surface area (Å²) in [5.41, 5.74) is 12.6. The number of anilines is 3. The molecule has 0 fully saturated rings. The highest BCUT2D eigenvalue weighted by Gasteiger charge is 2.36. The zero-order valence-corrected chi connectivity index (χ0v) is 25.1. The number of fused-ring (bicyclic) bond motifs is 3. The van der Waals surface area contributed by atoms with Crippen LogP contribution >= 0.6 is 0 Å². The molecule has 3 heteroatoms. The molecule has 0 bridgehead atoms. The lowest BCUT2D eigenvalue weighted by Gasteiger charge is -2.29. The zero-order chi connectivity index (χ0) is 30.3. The first-order valence-electron chi connectivity index (χ1n) is 15.4. The summed E-state index contributed by atoms with van der Waals surface area (Å²) in [5.74, 6) is 0. The normalized spacial score (nSPS) is 13.3. The molecule has 0 spiro atoms. The van der Waals surface area contributed by atoms with Gasteiger partial charge in [-0.1, -0.05) is 98.8 Å². The maximum Gasteiger partial charge on any atom is 0.187 e. The van der Waals surface area contributed by atoms with Gasteiger partial charge < -0.3 is 9.47 Å². The Morgan fingerprint density at radius 1 is 0.600 bits per heavy atom. The average Bonchev–Trinajstić information content (AvgIpc) is 3.55. The van der Waals surface area contributed by atoms with E-state index in [4.69, 9.17) is 6.57 Å². The minimum absolute atomic E-state index is 0.113. The first-order chi connectivity index (χ1) is 22.0. The molecule has 1 aromatic heterocycles. The Balaban J connectivity index is 1.33. The van der Waals surface area contributed by atoms with Gasteiger partial charge in [-0.05, 0) is 82.2 Å². The summed E-state index contributed by atoms with van der Waals surface area (Å²) in [7, 11) is 0. The Hall–Kier alpha value is -5.85. The van der Waals surface area contributed by atoms with Gasteiger partial charge >= 0.3 is 0 Å². The standard InChI is InChI=1S/C42H29N3/c1-42(2)35-14-8-7-13-32(35)33-23-21-31(26-36(33)42)44(30-19-17-28(43-3)18-20-30)37-24-25-39-41-34(37)22-16-27-10-9-15-38(40(27)41)45(39)29-11-5-4-6-12-29/h4-26H,1-2H3. The third-order valence-corrected chi connectivity index (χ3v) is 9.75. The van der Waals surface area contributed by atoms with Crippen molar-refractivity contribution in [2.75, 3.05) is 4.90 Å². The third-order valence-electron chi connectivity index (χ3n) is 9.75. The molecule has 1 heterocycles. The Kier molecular flexibility index (Phi) is 5.31. The van der Waals surface area contributed by atoms with Gasteiger partial charge in [-0.25, -0.2) is 4.85 Å². The lowest BCUT2D eigenvalue weighted by Crippen LogP contribution is -2.16. The predicted molar refractivity (Wildman–Crippen MR) is 188 cm³/mol. The van der Waals surface area contributed by atoms with Crippen molar-refractivity contribution < 1.29 is 0 Å². The predicted octanol–water partition coefficient (Wildman–Crippen LogP) is 11.7. The molecular weight excluding hydrogens is 546 g/mol. The fourth-order valence-corrected chi connectivity index (χ4v) is 7.66. The molecule has 1 aliphatic carbocycles. The van der Waals surface area contributed by atoms with Gasteiger partial charge in [0.15, 0.2) is 5.69 Å². The Bertz CT molecular complexity index is 2460. The van der Waals surface area contributed by atoms with E-state index in [9.17, 15) is 0 Å². The van der Waals surface area contributed by atoms with E-state index >= 15 is 0 Å². The van der Waals surface area contributed by atoms with Crippen LogP contribution in [0.1, 0.15) is 25.0 Å². The minimum atomic E-state index is -0.113. The van der Waals surface area contributed by atoms with Crippen molar-refractivity contribution >= 4 is 55.3 Å². The highest BCUT2D eigenvalue weighted by atomic mass is 15.1. The van der Waals surface area contributed by atoms with E-state index in [1.165, 1.54) is 54.8 Å². The molecule has 7 aromatic carbocycles. The van der Waals surface area contributed by atoms with Crippen molar-refractivity contribution in [1.82, 2.24) is 4.57 Å². The van der Waals surface area contributed by atoms with Gasteiger partial charge in [0.05, 0.1) is 23.3 Å². The van der Waals surface area contributed by atoms with Crippen LogP contribution in [0.2, 0.25) is 0 Å². The highest BCUT2D eigenvalue weighted by molar-refractivity contribution is 6.26. The highest BCUT2D eigenvalue weighted by Crippen LogP contribution is 2.52. The van der Waals surface area contributed by atoms with Crippen LogP contribution in [0.15, 0.2) is 140 Å². The number of hydrogen-bond acceptors (Lipinski definition) is 1. The van der Waals surface area contributed by atoms with Crippen molar-refractivity contribution in [3.8, 4) is 16.8 Å². The van der Waals surface area contributed by atoms with Gasteiger partial charge in [-0.15, -0.1) is 0 Å². The van der Waals surface area contributed by atoms with E-state index < -0.39 is 0 Å². The maximum atomic E-state index is 7.55. The molecule has 0 aliphatic heterocycles. The largest absolute Gasteiger partial charge is 0.310 e. The Morgan fingerprint density at radius 2 is 1.33 bits per heavy atom. The van der Waals surface area contributed by atoms with Gasteiger partial charge in [-0.2, -0.15) is 0 Å². The average molecular weight is 576 g/mol. The second kappa shape index (κ2) is 9.32. The van der Waals surface area contributed by atoms with Gasteiger partial charge in [0, 0.05) is 38.6 Å². The molecule has 45 heavy (non-hydrogen) atoms. The van der Waals surface area contributed by atoms with E-state index in [1.54, 1.807) is 0 Å². The molecule has 212 valence electrons. The first kappa shape index (κ1) is 25.6. The SMILES string of the molecule is [C-]#[N+]c1ccc(N(c2ccc3c(c2)C(C)(C)c2ccccc2-3)c2ccc3c4c2ccc2cccc(c24)n3-c2ccccc2)cc1. The lowest BCUT2D eigenvalue weighted by molar-refractivity contribution is 0.660. The van der Waals surface area contributed by atoms with Gasteiger partial charge in [0.1, 0.15) is 0 Å². The van der Waals surface area contributed by atoms with Crippen LogP contribution in [-0.4, -0.2) is 4.57 Å². The van der Waals surface area contributed by atoms with E-state index in [0.717, 1.165) is 22.7 Å². The lowest BCUT2D eigenvalue weighted by atomic mass is 9.82. The molecule has 1 aliphatic rings. The van der Waals surface area contributed by atoms with Crippen molar-refractivity contribution in [2.45, 2.75) is 19.3 Å². The van der Waals surface area contributed by atoms with Crippen LogP contribution in [0.4, 0.5) is 22.7 Å². The van der Waals surface area contributed by atoms with Crippen LogP contribution in [0.25, 0.3) is 54.2 Å². The molecular formula is C42H29N3. The van der Waals surface area contributed by atoms with E-state index in [2.05, 4.69) is 156 Å². The van der Waals surface area contributed by atoms with Crippen molar-refractivity contribution in [3.05, 3.63) is 162 Å². The van der Waals surface area contributed by atoms with Crippen LogP contribution in [0, 0.1) is 6.57 Å². The Labute approximate surface area is 262 Å². The zero-order valence-electron chi connectivity index (χ0n) is 25.1. The number of benzene rings is 7. The van der Waals surface area contributed by atoms with E-state index in [1.807, 2.05) is 12.1 Å². The van der Waals surface area contributed by atoms with Gasteiger partial charge in [0.2, 0.25) is 0 Å². The second-order valence-corrected chi connectivity index (χ2v) is 12.5. The molecule has 8 aromatic rings. The molecule has 9 rings (SSSR count). The van der Waals surface area contributed by atoms with E-state index in [-0.39, 0.29) is 5.41 Å². The summed E-state index contributed by atoms with van der Waals surface area (Å²) in [6.45, 7) is 12.2. The van der Waals surface area contributed by atoms with Gasteiger partial charge in [-0.3, -0.25) is 0 Å². The fraction of sp³-hybridized carbons (Fsp3) is 0.0714. The monoisotopic (exact) mass is 575 g/mol. The number of aromatic nitrogens is 1. The van der Waals surface area contributed by atoms with Crippen LogP contribution in [0.3, 0.4) is 0 Å². The van der Waals surface area contributed by atoms with Gasteiger partial charge in [0.25, 0.3) is 0 Å². The molecule has 0 N–H and O–H groups in total. The fourth-order valence-electron chi connectivity index (χ4n) is 7.66. The molecule has 0 saturated carbocycles. The Morgan fingerprint density at radius 3 is 2.16 bits per heavy atom.